The standard InChI is InChI=1S/C18H20ClN5O2/c1-3-23-12-14(10-21-23)11-22(2)18(25)17-8-9-20-24(17)13-26-16-6-4-15(19)5-7-16/h4-10,12H,3,11,13H2,1-2H3. The maximum Gasteiger partial charge on any atom is 0.272 e. The number of amides is 1. The van der Waals surface area contributed by atoms with Crippen molar-refractivity contribution in [2.24, 2.45) is 0 Å². The summed E-state index contributed by atoms with van der Waals surface area (Å²) in [5, 5.41) is 9.05. The second-order valence-corrected chi connectivity index (χ2v) is 6.25. The van der Waals surface area contributed by atoms with Crippen molar-refractivity contribution in [1.29, 1.82) is 0 Å². The number of rotatable bonds is 7. The van der Waals surface area contributed by atoms with Crippen LogP contribution >= 0.6 is 11.6 Å². The largest absolute Gasteiger partial charge is 0.471 e. The fraction of sp³-hybridized carbons (Fsp3) is 0.278. The highest BCUT2D eigenvalue weighted by Gasteiger charge is 2.17. The van der Waals surface area contributed by atoms with Gasteiger partial charge in [0.25, 0.3) is 5.91 Å². The molecule has 0 spiro atoms. The summed E-state index contributed by atoms with van der Waals surface area (Å²) in [5.41, 5.74) is 1.44. The number of aryl methyl sites for hydroxylation is 1. The fourth-order valence-electron chi connectivity index (χ4n) is 2.49. The van der Waals surface area contributed by atoms with Crippen LogP contribution in [0.4, 0.5) is 0 Å². The lowest BCUT2D eigenvalue weighted by atomic mass is 10.3. The van der Waals surface area contributed by atoms with E-state index < -0.39 is 0 Å². The molecule has 136 valence electrons. The monoisotopic (exact) mass is 373 g/mol. The molecular weight excluding hydrogens is 354 g/mol. The second kappa shape index (κ2) is 8.05. The van der Waals surface area contributed by atoms with Gasteiger partial charge >= 0.3 is 0 Å². The van der Waals surface area contributed by atoms with Gasteiger partial charge in [0.15, 0.2) is 6.73 Å². The quantitative estimate of drug-likeness (QED) is 0.638. The number of ether oxygens (including phenoxy) is 1. The van der Waals surface area contributed by atoms with Crippen LogP contribution < -0.4 is 4.74 Å². The Morgan fingerprint density at radius 3 is 2.69 bits per heavy atom. The van der Waals surface area contributed by atoms with Crippen LogP contribution in [0, 0.1) is 0 Å². The van der Waals surface area contributed by atoms with Gasteiger partial charge in [-0.25, -0.2) is 4.68 Å². The SMILES string of the molecule is CCn1cc(CN(C)C(=O)c2ccnn2COc2ccc(Cl)cc2)cn1. The third kappa shape index (κ3) is 4.23. The molecule has 7 nitrogen and oxygen atoms in total. The Balaban J connectivity index is 1.64. The number of carbonyl (C=O) groups is 1. The Morgan fingerprint density at radius 1 is 1.23 bits per heavy atom. The molecule has 1 amide bonds. The maximum absolute atomic E-state index is 12.7. The molecule has 0 radical (unpaired) electrons. The lowest BCUT2D eigenvalue weighted by molar-refractivity contribution is 0.0762. The number of benzene rings is 1. The first-order valence-corrected chi connectivity index (χ1v) is 8.61. The predicted octanol–water partition coefficient (Wildman–Crippen LogP) is 3.06. The van der Waals surface area contributed by atoms with E-state index in [2.05, 4.69) is 10.2 Å². The van der Waals surface area contributed by atoms with Gasteiger partial charge in [0.05, 0.1) is 6.20 Å². The van der Waals surface area contributed by atoms with Crippen LogP contribution in [0.2, 0.25) is 5.02 Å². The van der Waals surface area contributed by atoms with Crippen molar-refractivity contribution in [3.05, 3.63) is 65.2 Å². The molecule has 0 aliphatic rings. The third-order valence-electron chi connectivity index (χ3n) is 3.88. The molecule has 0 aliphatic heterocycles. The maximum atomic E-state index is 12.7. The number of carbonyl (C=O) groups excluding carboxylic acids is 1. The molecule has 0 saturated carbocycles. The summed E-state index contributed by atoms with van der Waals surface area (Å²) in [4.78, 5) is 14.4. The van der Waals surface area contributed by atoms with E-state index in [1.807, 2.05) is 17.8 Å². The molecule has 0 atom stereocenters. The lowest BCUT2D eigenvalue weighted by Crippen LogP contribution is -2.29. The molecule has 26 heavy (non-hydrogen) atoms. The molecule has 1 aromatic carbocycles. The summed E-state index contributed by atoms with van der Waals surface area (Å²) in [6, 6.07) is 8.71. The number of nitrogens with zero attached hydrogens (tertiary/aromatic N) is 5. The molecule has 0 fully saturated rings. The van der Waals surface area contributed by atoms with E-state index in [4.69, 9.17) is 16.3 Å². The number of hydrogen-bond donors (Lipinski definition) is 0. The zero-order valence-electron chi connectivity index (χ0n) is 14.7. The minimum atomic E-state index is -0.133. The number of halogens is 1. The predicted molar refractivity (Wildman–Crippen MR) is 98.0 cm³/mol. The normalized spacial score (nSPS) is 10.7. The minimum Gasteiger partial charge on any atom is -0.471 e. The second-order valence-electron chi connectivity index (χ2n) is 5.81. The summed E-state index contributed by atoms with van der Waals surface area (Å²) < 4.78 is 9.03. The van der Waals surface area contributed by atoms with Crippen molar-refractivity contribution in [3.63, 3.8) is 0 Å². The van der Waals surface area contributed by atoms with Gasteiger partial charge in [-0.05, 0) is 37.3 Å². The smallest absolute Gasteiger partial charge is 0.272 e. The van der Waals surface area contributed by atoms with Gasteiger partial charge in [0.1, 0.15) is 11.4 Å². The molecule has 2 aromatic heterocycles. The molecule has 8 heteroatoms. The summed E-state index contributed by atoms with van der Waals surface area (Å²) in [6.07, 6.45) is 5.29. The van der Waals surface area contributed by atoms with Crippen LogP contribution in [0.1, 0.15) is 23.0 Å². The van der Waals surface area contributed by atoms with Crippen molar-refractivity contribution in [3.8, 4) is 5.75 Å². The van der Waals surface area contributed by atoms with Gasteiger partial charge < -0.3 is 9.64 Å². The van der Waals surface area contributed by atoms with Crippen molar-refractivity contribution >= 4 is 17.5 Å². The molecule has 0 aliphatic carbocycles. The molecule has 0 saturated heterocycles. The summed E-state index contributed by atoms with van der Waals surface area (Å²) in [6.45, 7) is 3.43. The average molecular weight is 374 g/mol. The van der Waals surface area contributed by atoms with Gasteiger partial charge in [-0.15, -0.1) is 0 Å². The Bertz CT molecular complexity index is 872. The van der Waals surface area contributed by atoms with E-state index in [0.717, 1.165) is 12.1 Å². The van der Waals surface area contributed by atoms with Gasteiger partial charge in [0, 0.05) is 43.1 Å². The average Bonchev–Trinajstić information content (AvgIpc) is 3.29. The molecule has 0 N–H and O–H groups in total. The summed E-state index contributed by atoms with van der Waals surface area (Å²) in [7, 11) is 1.75. The number of hydrogen-bond acceptors (Lipinski definition) is 4. The Labute approximate surface area is 156 Å². The Morgan fingerprint density at radius 2 is 2.00 bits per heavy atom. The first kappa shape index (κ1) is 18.0. The van der Waals surface area contributed by atoms with E-state index >= 15 is 0 Å². The summed E-state index contributed by atoms with van der Waals surface area (Å²) in [5.74, 6) is 0.523. The van der Waals surface area contributed by atoms with E-state index in [1.165, 1.54) is 4.68 Å². The first-order chi connectivity index (χ1) is 12.6. The highest BCUT2D eigenvalue weighted by Crippen LogP contribution is 2.16. The molecule has 0 unspecified atom stereocenters. The van der Waals surface area contributed by atoms with E-state index in [9.17, 15) is 4.79 Å². The van der Waals surface area contributed by atoms with Crippen LogP contribution in [0.3, 0.4) is 0 Å². The molecule has 3 rings (SSSR count). The zero-order chi connectivity index (χ0) is 18.5. The van der Waals surface area contributed by atoms with Gasteiger partial charge in [-0.2, -0.15) is 10.2 Å². The lowest BCUT2D eigenvalue weighted by Gasteiger charge is -2.17. The zero-order valence-corrected chi connectivity index (χ0v) is 15.4. The van der Waals surface area contributed by atoms with E-state index in [1.54, 1.807) is 54.7 Å². The Hall–Kier alpha value is -2.80. The highest BCUT2D eigenvalue weighted by molar-refractivity contribution is 6.30. The highest BCUT2D eigenvalue weighted by atomic mass is 35.5. The molecule has 0 bridgehead atoms. The molecule has 3 aromatic rings. The third-order valence-corrected chi connectivity index (χ3v) is 4.13. The van der Waals surface area contributed by atoms with E-state index in [-0.39, 0.29) is 12.6 Å². The minimum absolute atomic E-state index is 0.133. The van der Waals surface area contributed by atoms with Crippen LogP contribution in [-0.2, 0) is 19.8 Å². The van der Waals surface area contributed by atoms with Crippen LogP contribution in [0.5, 0.6) is 5.75 Å². The van der Waals surface area contributed by atoms with Crippen molar-refractivity contribution < 1.29 is 9.53 Å². The van der Waals surface area contributed by atoms with Gasteiger partial charge in [-0.1, -0.05) is 11.6 Å². The molecular formula is C18H20ClN5O2. The topological polar surface area (TPSA) is 65.2 Å². The van der Waals surface area contributed by atoms with Crippen molar-refractivity contribution in [2.75, 3.05) is 7.05 Å². The van der Waals surface area contributed by atoms with Gasteiger partial charge in [-0.3, -0.25) is 9.48 Å². The van der Waals surface area contributed by atoms with Crippen molar-refractivity contribution in [1.82, 2.24) is 24.5 Å². The van der Waals surface area contributed by atoms with E-state index in [0.29, 0.717) is 23.0 Å². The van der Waals surface area contributed by atoms with Crippen LogP contribution in [0.15, 0.2) is 48.9 Å². The van der Waals surface area contributed by atoms with Gasteiger partial charge in [0.2, 0.25) is 0 Å². The van der Waals surface area contributed by atoms with Crippen LogP contribution in [-0.4, -0.2) is 37.4 Å². The summed E-state index contributed by atoms with van der Waals surface area (Å²) >= 11 is 5.86. The first-order valence-electron chi connectivity index (χ1n) is 8.23. The Kier molecular flexibility index (Phi) is 5.58. The van der Waals surface area contributed by atoms with Crippen molar-refractivity contribution in [2.45, 2.75) is 26.7 Å². The van der Waals surface area contributed by atoms with Crippen LogP contribution in [0.25, 0.3) is 0 Å². The fourth-order valence-corrected chi connectivity index (χ4v) is 2.61. The number of aromatic nitrogens is 4. The molecule has 2 heterocycles.